The zero-order valence-corrected chi connectivity index (χ0v) is 17.1. The van der Waals surface area contributed by atoms with E-state index >= 15 is 0 Å². The van der Waals surface area contributed by atoms with Crippen LogP contribution in [0.3, 0.4) is 0 Å². The van der Waals surface area contributed by atoms with Crippen molar-refractivity contribution in [2.24, 2.45) is 0 Å². The number of anilines is 1. The molecule has 0 bridgehead atoms. The van der Waals surface area contributed by atoms with Gasteiger partial charge in [0.2, 0.25) is 5.13 Å². The summed E-state index contributed by atoms with van der Waals surface area (Å²) in [6, 6.07) is 15.4. The predicted octanol–water partition coefficient (Wildman–Crippen LogP) is 4.89. The van der Waals surface area contributed by atoms with Gasteiger partial charge in [0.05, 0.1) is 12.7 Å². The minimum atomic E-state index is -0.168. The quantitative estimate of drug-likeness (QED) is 0.573. The van der Waals surface area contributed by atoms with E-state index in [1.54, 1.807) is 18.9 Å². The number of nitrogens with zero attached hydrogens (tertiary/aromatic N) is 2. The third-order valence-corrected chi connectivity index (χ3v) is 5.64. The van der Waals surface area contributed by atoms with E-state index < -0.39 is 0 Å². The van der Waals surface area contributed by atoms with E-state index in [4.69, 9.17) is 4.74 Å². The number of ether oxygens (including phenoxy) is 1. The predicted molar refractivity (Wildman–Crippen MR) is 111 cm³/mol. The van der Waals surface area contributed by atoms with Gasteiger partial charge in [-0.3, -0.25) is 10.1 Å². The molecule has 0 spiro atoms. The van der Waals surface area contributed by atoms with Crippen LogP contribution in [0.25, 0.3) is 0 Å². The fraction of sp³-hybridized carbons (Fsp3) is 0.250. The molecular weight excluding hydrogens is 378 g/mol. The largest absolute Gasteiger partial charge is 0.496 e. The van der Waals surface area contributed by atoms with Gasteiger partial charge in [0.25, 0.3) is 5.91 Å². The van der Waals surface area contributed by atoms with E-state index in [1.165, 1.54) is 11.3 Å². The van der Waals surface area contributed by atoms with E-state index in [1.807, 2.05) is 48.5 Å². The molecule has 140 valence electrons. The van der Waals surface area contributed by atoms with Gasteiger partial charge in [-0.15, -0.1) is 22.0 Å². The summed E-state index contributed by atoms with van der Waals surface area (Å²) in [6.07, 6.45) is 0.608. The van der Waals surface area contributed by atoms with Crippen LogP contribution in [-0.4, -0.2) is 28.5 Å². The Bertz CT molecular complexity index is 925. The van der Waals surface area contributed by atoms with Crippen molar-refractivity contribution >= 4 is 34.1 Å². The Labute approximate surface area is 167 Å². The second kappa shape index (κ2) is 9.01. The summed E-state index contributed by atoms with van der Waals surface area (Å²) >= 11 is 3.04. The molecule has 3 rings (SSSR count). The number of aromatic nitrogens is 2. The fourth-order valence-electron chi connectivity index (χ4n) is 2.56. The highest BCUT2D eigenvalue weighted by atomic mass is 32.2. The fourth-order valence-corrected chi connectivity index (χ4v) is 4.27. The summed E-state index contributed by atoms with van der Waals surface area (Å²) in [6.45, 7) is 4.21. The molecule has 1 heterocycles. The van der Waals surface area contributed by atoms with Crippen LogP contribution in [0, 0.1) is 0 Å². The van der Waals surface area contributed by atoms with Gasteiger partial charge in [-0.05, 0) is 18.2 Å². The topological polar surface area (TPSA) is 64.1 Å². The minimum absolute atomic E-state index is 0.168. The molecule has 2 aromatic carbocycles. The van der Waals surface area contributed by atoms with Gasteiger partial charge < -0.3 is 4.74 Å². The van der Waals surface area contributed by atoms with Gasteiger partial charge in [0.15, 0.2) is 0 Å². The van der Waals surface area contributed by atoms with Crippen molar-refractivity contribution < 1.29 is 9.53 Å². The van der Waals surface area contributed by atoms with Crippen LogP contribution in [0.5, 0.6) is 5.75 Å². The molecule has 3 aromatic rings. The summed E-state index contributed by atoms with van der Waals surface area (Å²) in [4.78, 5) is 13.6. The first-order chi connectivity index (χ1) is 13.1. The maximum Gasteiger partial charge on any atom is 0.258 e. The number of hydrogen-bond donors (Lipinski definition) is 1. The van der Waals surface area contributed by atoms with Gasteiger partial charge in [-0.25, -0.2) is 0 Å². The minimum Gasteiger partial charge on any atom is -0.496 e. The van der Waals surface area contributed by atoms with Crippen molar-refractivity contribution in [1.82, 2.24) is 10.2 Å². The van der Waals surface area contributed by atoms with Crippen molar-refractivity contribution in [2.45, 2.75) is 30.4 Å². The molecule has 0 saturated carbocycles. The zero-order valence-electron chi connectivity index (χ0n) is 15.4. The zero-order chi connectivity index (χ0) is 19.2. The molecule has 5 nitrogen and oxygen atoms in total. The van der Waals surface area contributed by atoms with Crippen LogP contribution in [-0.2, 0) is 6.42 Å². The van der Waals surface area contributed by atoms with Gasteiger partial charge in [0, 0.05) is 22.1 Å². The third-order valence-electron chi connectivity index (χ3n) is 3.72. The number of carbonyl (C=O) groups is 1. The average molecular weight is 400 g/mol. The van der Waals surface area contributed by atoms with Crippen LogP contribution >= 0.6 is 23.1 Å². The molecule has 27 heavy (non-hydrogen) atoms. The number of nitrogens with one attached hydrogen (secondary N) is 1. The van der Waals surface area contributed by atoms with E-state index in [0.717, 1.165) is 21.2 Å². The monoisotopic (exact) mass is 399 g/mol. The van der Waals surface area contributed by atoms with Gasteiger partial charge in [-0.2, -0.15) is 0 Å². The molecule has 1 aromatic heterocycles. The number of carbonyl (C=O) groups excluding carboxylic acids is 1. The number of hydrogen-bond acceptors (Lipinski definition) is 6. The first-order valence-corrected chi connectivity index (χ1v) is 10.3. The van der Waals surface area contributed by atoms with E-state index in [-0.39, 0.29) is 5.91 Å². The number of thioether (sulfide) groups is 1. The first-order valence-electron chi connectivity index (χ1n) is 8.58. The molecule has 0 radical (unpaired) electrons. The Kier molecular flexibility index (Phi) is 6.47. The molecule has 0 saturated heterocycles. The molecule has 0 aliphatic heterocycles. The van der Waals surface area contributed by atoms with Crippen LogP contribution in [0.15, 0.2) is 53.4 Å². The normalized spacial score (nSPS) is 10.8. The highest BCUT2D eigenvalue weighted by Gasteiger charge is 2.15. The molecule has 0 aliphatic rings. The molecule has 7 heteroatoms. The smallest absolute Gasteiger partial charge is 0.258 e. The van der Waals surface area contributed by atoms with Crippen molar-refractivity contribution in [2.75, 3.05) is 12.4 Å². The van der Waals surface area contributed by atoms with Gasteiger partial charge in [0.1, 0.15) is 10.8 Å². The van der Waals surface area contributed by atoms with Gasteiger partial charge in [-0.1, -0.05) is 55.5 Å². The SMILES string of the molecule is COc1ccccc1Cc1nnc(NC(=O)c2ccccc2SC(C)C)s1. The van der Waals surface area contributed by atoms with Crippen molar-refractivity contribution in [3.8, 4) is 5.75 Å². The maximum absolute atomic E-state index is 12.7. The van der Waals surface area contributed by atoms with Crippen molar-refractivity contribution in [3.05, 3.63) is 64.7 Å². The number of para-hydroxylation sites is 1. The molecule has 0 atom stereocenters. The molecular formula is C20H21N3O2S2. The molecule has 1 N–H and O–H groups in total. The number of rotatable bonds is 7. The highest BCUT2D eigenvalue weighted by molar-refractivity contribution is 8.00. The lowest BCUT2D eigenvalue weighted by Crippen LogP contribution is -2.13. The van der Waals surface area contributed by atoms with E-state index in [9.17, 15) is 4.79 Å². The molecule has 0 fully saturated rings. The van der Waals surface area contributed by atoms with Crippen molar-refractivity contribution in [3.63, 3.8) is 0 Å². The van der Waals surface area contributed by atoms with Gasteiger partial charge >= 0.3 is 0 Å². The highest BCUT2D eigenvalue weighted by Crippen LogP contribution is 2.28. The summed E-state index contributed by atoms with van der Waals surface area (Å²) in [5.74, 6) is 0.650. The lowest BCUT2D eigenvalue weighted by Gasteiger charge is -2.10. The standard InChI is InChI=1S/C20H21N3O2S2/c1-13(2)26-17-11-7-5-9-15(17)19(24)21-20-23-22-18(27-20)12-14-8-4-6-10-16(14)25-3/h4-11,13H,12H2,1-3H3,(H,21,23,24). The van der Waals surface area contributed by atoms with Crippen LogP contribution in [0.4, 0.5) is 5.13 Å². The summed E-state index contributed by atoms with van der Waals surface area (Å²) < 4.78 is 5.38. The Morgan fingerprint density at radius 3 is 2.67 bits per heavy atom. The number of methoxy groups -OCH3 is 1. The van der Waals surface area contributed by atoms with Crippen LogP contribution < -0.4 is 10.1 Å². The van der Waals surface area contributed by atoms with E-state index in [0.29, 0.717) is 22.4 Å². The Balaban J connectivity index is 1.72. The second-order valence-electron chi connectivity index (χ2n) is 6.11. The van der Waals surface area contributed by atoms with Crippen molar-refractivity contribution in [1.29, 1.82) is 0 Å². The Hall–Kier alpha value is -2.38. The Morgan fingerprint density at radius 1 is 1.15 bits per heavy atom. The second-order valence-corrected chi connectivity index (χ2v) is 8.79. The molecule has 1 amide bonds. The lowest BCUT2D eigenvalue weighted by molar-refractivity contribution is 0.102. The number of benzene rings is 2. The van der Waals surface area contributed by atoms with Crippen LogP contribution in [0.2, 0.25) is 0 Å². The summed E-state index contributed by atoms with van der Waals surface area (Å²) in [5.41, 5.74) is 1.69. The third kappa shape index (κ3) is 5.08. The summed E-state index contributed by atoms with van der Waals surface area (Å²) in [5, 5.41) is 12.9. The lowest BCUT2D eigenvalue weighted by atomic mass is 10.1. The first kappa shape index (κ1) is 19.4. The summed E-state index contributed by atoms with van der Waals surface area (Å²) in [7, 11) is 1.65. The van der Waals surface area contributed by atoms with E-state index in [2.05, 4.69) is 29.4 Å². The van der Waals surface area contributed by atoms with Crippen LogP contribution in [0.1, 0.15) is 34.8 Å². The molecule has 0 aliphatic carbocycles. The molecule has 0 unspecified atom stereocenters. The Morgan fingerprint density at radius 2 is 1.89 bits per heavy atom. The number of amides is 1. The average Bonchev–Trinajstić information content (AvgIpc) is 3.09. The maximum atomic E-state index is 12.7.